The first-order valence-electron chi connectivity index (χ1n) is 52.1. The van der Waals surface area contributed by atoms with Crippen molar-refractivity contribution in [1.29, 1.82) is 0 Å². The maximum absolute atomic E-state index is 15.7. The van der Waals surface area contributed by atoms with Gasteiger partial charge < -0.3 is 79.6 Å². The van der Waals surface area contributed by atoms with Crippen LogP contribution in [0.5, 0.6) is 5.75 Å². The number of phenolic OH excluding ortho intramolecular Hbond substituents is 1. The molecule has 0 spiro atoms. The van der Waals surface area contributed by atoms with Crippen molar-refractivity contribution < 1.29 is 111 Å². The number of aromatic amines is 1. The second-order valence-electron chi connectivity index (χ2n) is 40.6. The van der Waals surface area contributed by atoms with Gasteiger partial charge >= 0.3 is 5.97 Å². The van der Waals surface area contributed by atoms with Gasteiger partial charge in [-0.05, 0) is 199 Å². The Labute approximate surface area is 878 Å². The minimum absolute atomic E-state index is 0.0509. The predicted molar refractivity (Wildman–Crippen MR) is 564 cm³/mol. The number of aromatic nitrogens is 1. The fourth-order valence-electron chi connectivity index (χ4n) is 16.8. The highest BCUT2D eigenvalue weighted by atomic mass is 16.4. The molecule has 830 valence electrons. The fourth-order valence-corrected chi connectivity index (χ4v) is 16.8. The molecule has 0 saturated heterocycles. The van der Waals surface area contributed by atoms with Gasteiger partial charge in [0.15, 0.2) is 40.5 Å². The van der Waals surface area contributed by atoms with Crippen LogP contribution in [0.15, 0.2) is 97.2 Å². The van der Waals surface area contributed by atoms with Crippen LogP contribution in [0.3, 0.4) is 0 Å². The largest absolute Gasteiger partial charge is 0.508 e. The average molecular weight is 2100 g/mol. The molecule has 0 fully saturated rings. The highest BCUT2D eigenvalue weighted by molar-refractivity contribution is 6.43. The minimum atomic E-state index is -2.10. The lowest BCUT2D eigenvalue weighted by molar-refractivity contribution is -0.144. The van der Waals surface area contributed by atoms with Gasteiger partial charge in [0.2, 0.25) is 58.6 Å². The number of Topliss-reactive ketones (excluding diaryl/α,β-unsaturated/α-hetero) is 13. The molecule has 5 rings (SSSR count). The SMILES string of the molecule is CC(=O)N[C@@H](CC(C)C)C(=O)N[C@H](C(=O)C(=O)[C@H](Cc1ccccc1)NN[C@]1(C)CCCCCC/C=C/CCC[C@@](C)(C(=O)CN[C@@H](C)C(=O)CCN[C@@H](C)C(=O)CCC(=O)[C@H](C)NCCC(=O)[C@H](C)NCCC(=O)[C@H](C)NCN[C@H](C)C(N)=O)NC(=O)[C@H](CC(C)C)NN[C@@H](CCC(N)=O)C(=O)CN[C@@H](C)C(=O)CC(=O)[C@H](Cc2c[nH]c3ccccc23)NN[C@@H](Cc2ccc(O)cc2)C(=O)N[C@@H](CCC(=O)O)C(=O)C1=O)[C@@H](C)O. The van der Waals surface area contributed by atoms with Crippen LogP contribution in [0.25, 0.3) is 10.9 Å². The number of hydrogen-bond acceptors (Lipinski definition) is 35. The molecule has 6 amide bonds. The number of primary amides is 2. The van der Waals surface area contributed by atoms with Crippen molar-refractivity contribution >= 4 is 127 Å². The number of phenols is 1. The quantitative estimate of drug-likeness (QED) is 0.00986. The molecule has 0 bridgehead atoms. The number of nitrogens with one attached hydrogen (secondary N) is 18. The molecule has 1 aliphatic rings. The van der Waals surface area contributed by atoms with Gasteiger partial charge in [0, 0.05) is 95.3 Å². The number of aliphatic hydroxyl groups excluding tert-OH is 1. The van der Waals surface area contributed by atoms with E-state index in [4.69, 9.17) is 11.5 Å². The lowest BCUT2D eigenvalue weighted by atomic mass is 9.85. The van der Waals surface area contributed by atoms with Crippen LogP contribution >= 0.6 is 0 Å². The summed E-state index contributed by atoms with van der Waals surface area (Å²) in [5.41, 5.74) is 26.9. The van der Waals surface area contributed by atoms with Crippen LogP contribution < -0.4 is 103 Å². The Hall–Kier alpha value is -11.8. The zero-order valence-corrected chi connectivity index (χ0v) is 89.5. The molecule has 43 heteroatoms. The summed E-state index contributed by atoms with van der Waals surface area (Å²) in [4.78, 5) is 282. The van der Waals surface area contributed by atoms with Gasteiger partial charge in [-0.25, -0.2) is 32.6 Å². The van der Waals surface area contributed by atoms with Crippen molar-refractivity contribution in [3.63, 3.8) is 0 Å². The summed E-state index contributed by atoms with van der Waals surface area (Å²) in [7, 11) is 0. The molecule has 18 atom stereocenters. The number of ketones is 13. The third-order valence-electron chi connectivity index (χ3n) is 26.7. The third kappa shape index (κ3) is 46.2. The predicted octanol–water partition coefficient (Wildman–Crippen LogP) is 1.85. The fraction of sp³-hybridized carbons (Fsp3) is 0.607. The molecule has 150 heavy (non-hydrogen) atoms. The Kier molecular flexibility index (Phi) is 56.7. The molecule has 0 saturated carbocycles. The van der Waals surface area contributed by atoms with E-state index in [0.717, 1.165) is 0 Å². The van der Waals surface area contributed by atoms with Crippen molar-refractivity contribution in [2.45, 2.75) is 366 Å². The van der Waals surface area contributed by atoms with Crippen LogP contribution in [0.1, 0.15) is 255 Å². The molecule has 0 aliphatic carbocycles. The number of aliphatic hydroxyl groups is 1. The van der Waals surface area contributed by atoms with E-state index >= 15 is 19.2 Å². The van der Waals surface area contributed by atoms with Gasteiger partial charge in [0.1, 0.15) is 41.5 Å². The van der Waals surface area contributed by atoms with Crippen LogP contribution in [0.4, 0.5) is 0 Å². The van der Waals surface area contributed by atoms with Gasteiger partial charge in [-0.3, -0.25) is 107 Å². The highest BCUT2D eigenvalue weighted by Crippen LogP contribution is 2.26. The second-order valence-corrected chi connectivity index (χ2v) is 40.6. The number of aliphatic carboxylic acids is 1. The van der Waals surface area contributed by atoms with Crippen LogP contribution in [-0.4, -0.2) is 284 Å². The van der Waals surface area contributed by atoms with E-state index in [9.17, 15) is 92.0 Å². The summed E-state index contributed by atoms with van der Waals surface area (Å²) in [5, 5.41) is 64.0. The van der Waals surface area contributed by atoms with E-state index in [2.05, 4.69) is 96.0 Å². The zero-order valence-electron chi connectivity index (χ0n) is 89.5. The van der Waals surface area contributed by atoms with Crippen molar-refractivity contribution in [3.05, 3.63) is 114 Å². The molecule has 1 aliphatic heterocycles. The second kappa shape index (κ2) is 66.1. The van der Waals surface area contributed by atoms with Crippen molar-refractivity contribution in [3.8, 4) is 5.75 Å². The Bertz CT molecular complexity index is 5210. The number of carboxylic acid groups (broad SMARTS) is 1. The van der Waals surface area contributed by atoms with E-state index in [-0.39, 0.29) is 169 Å². The summed E-state index contributed by atoms with van der Waals surface area (Å²) in [5.74, 6) is -15.1. The maximum Gasteiger partial charge on any atom is 0.303 e. The third-order valence-corrected chi connectivity index (χ3v) is 26.7. The maximum atomic E-state index is 15.7. The van der Waals surface area contributed by atoms with Crippen LogP contribution in [0, 0.1) is 11.8 Å². The number of carbonyl (C=O) groups is 20. The van der Waals surface area contributed by atoms with E-state index < -0.39 is 228 Å². The van der Waals surface area contributed by atoms with Crippen molar-refractivity contribution in [2.75, 3.05) is 39.4 Å². The Morgan fingerprint density at radius 2 is 1.05 bits per heavy atom. The lowest BCUT2D eigenvalue weighted by Gasteiger charge is -2.33. The van der Waals surface area contributed by atoms with Gasteiger partial charge in [0.05, 0.1) is 103 Å². The number of carboxylic acids is 1. The topological polar surface area (TPSA) is 674 Å². The Morgan fingerprint density at radius 1 is 0.513 bits per heavy atom. The molecule has 1 aromatic heterocycles. The molecule has 4 aromatic rings. The normalized spacial score (nSPS) is 21.7. The van der Waals surface area contributed by atoms with Crippen LogP contribution in [-0.2, 0) is 115 Å². The summed E-state index contributed by atoms with van der Waals surface area (Å²) < 4.78 is 0. The van der Waals surface area contributed by atoms with Gasteiger partial charge in [-0.2, -0.15) is 0 Å². The molecule has 0 radical (unpaired) electrons. The number of aromatic hydroxyl groups is 1. The number of H-pyrrole nitrogens is 1. The molecule has 2 heterocycles. The summed E-state index contributed by atoms with van der Waals surface area (Å²) in [6.07, 6.45) is 3.19. The number of rotatable bonds is 55. The van der Waals surface area contributed by atoms with Crippen molar-refractivity contribution in [2.24, 2.45) is 23.3 Å². The first-order chi connectivity index (χ1) is 70.8. The molecule has 0 unspecified atom stereocenters. The number of amides is 6. The molecule has 43 nitrogen and oxygen atoms in total. The molecular formula is C107H164N20O23. The van der Waals surface area contributed by atoms with E-state index in [1.165, 1.54) is 52.0 Å². The number of nitrogens with two attached hydrogens (primary N) is 2. The smallest absolute Gasteiger partial charge is 0.303 e. The number of hydrazine groups is 3. The monoisotopic (exact) mass is 2100 g/mol. The lowest BCUT2D eigenvalue weighted by Crippen LogP contribution is -2.65. The Morgan fingerprint density at radius 3 is 1.63 bits per heavy atom. The van der Waals surface area contributed by atoms with E-state index in [1.807, 2.05) is 26.0 Å². The number of fused-ring (bicyclic) bond motifs is 1. The molecule has 25 N–H and O–H groups in total. The first-order valence-corrected chi connectivity index (χ1v) is 52.1. The number of benzene rings is 3. The Balaban J connectivity index is 1.45. The number of para-hydroxylation sites is 1. The average Bonchev–Trinajstić information content (AvgIpc) is 1.21. The van der Waals surface area contributed by atoms with E-state index in [1.54, 1.807) is 123 Å². The number of carbonyl (C=O) groups excluding carboxylic acids is 19. The number of hydrogen-bond donors (Lipinski definition) is 23. The summed E-state index contributed by atoms with van der Waals surface area (Å²) in [6.45, 7) is 23.4. The van der Waals surface area contributed by atoms with Gasteiger partial charge in [-0.15, -0.1) is 0 Å². The first kappa shape index (κ1) is 129. The zero-order chi connectivity index (χ0) is 112. The van der Waals surface area contributed by atoms with Crippen molar-refractivity contribution in [1.82, 2.24) is 96.0 Å². The highest BCUT2D eigenvalue weighted by Gasteiger charge is 2.45. The van der Waals surface area contributed by atoms with Gasteiger partial charge in [-0.1, -0.05) is 120 Å². The summed E-state index contributed by atoms with van der Waals surface area (Å²) in [6, 6.07) is 3.90. The standard InChI is InChI=1S/C107H164N20O23/c1-62(2)52-83(118-72(13)129)103(148)120-97(71(12)128)100(145)98(143)82(54-73-30-24-23-25-31-73)126-127-107(15)48-29-22-20-18-16-17-19-21-28-47-106(14,94(139)60-114-67(8)89(134)45-50-111-65(6)87(132)41-40-86(131)64(5)110-49-44-88(133)66(7)112-51-46-90(135)68(9)116-61-117-70(11)102(109)147)121-105(150)84(53-63(3)4)124-122-79(38-42-95(108)140)93(138)59-113-69(10)91(136)57-92(137)81(56-75-58-115-78-33-27-26-32-77(75)78)123-125-85(55-74-34-36-76(130)37-35-74)104(149)119-80(39-43-96(141)142)99(144)101(107)146/h17,19,23-27,30-37,58,62-71,79-85,97,110-117,122-128,130H,16,18,20-22,28-29,38-57,59-61H2,1-15H3,(H2,108,140)(H2,109,147)(H,118,129)(H,119,149)(H,120,148)(H,121,150)(H,141,142)/b19-17+/t64-,65-,66-,67-,68-,69-,70+,71+,79-,80-,81-,82-,83-,84-,85-,97-,106-,107+/m0/s1. The van der Waals surface area contributed by atoms with E-state index in [0.29, 0.717) is 66.1 Å². The minimum Gasteiger partial charge on any atom is -0.508 e. The van der Waals surface area contributed by atoms with Gasteiger partial charge in [0.25, 0.3) is 0 Å². The van der Waals surface area contributed by atoms with Crippen LogP contribution in [0.2, 0.25) is 0 Å². The number of allylic oxidation sites excluding steroid dienone is 2. The molecule has 3 aromatic carbocycles. The summed E-state index contributed by atoms with van der Waals surface area (Å²) >= 11 is 0. The molecular weight excluding hydrogens is 1930 g/mol.